The smallest absolute Gasteiger partial charge is 0.356 e. The van der Waals surface area contributed by atoms with Crippen molar-refractivity contribution in [1.29, 1.82) is 0 Å². The van der Waals surface area contributed by atoms with Crippen LogP contribution in [0.4, 0.5) is 0 Å². The van der Waals surface area contributed by atoms with Crippen LogP contribution in [0.1, 0.15) is 33.7 Å². The first-order valence-electron chi connectivity index (χ1n) is 9.31. The van der Waals surface area contributed by atoms with Gasteiger partial charge in [-0.3, -0.25) is 9.48 Å². The number of benzene rings is 1. The molecule has 1 N–H and O–H groups in total. The van der Waals surface area contributed by atoms with Gasteiger partial charge in [0, 0.05) is 30.8 Å². The largest absolute Gasteiger partial charge is 0.464 e. The second kappa shape index (κ2) is 7.15. The predicted octanol–water partition coefficient (Wildman–Crippen LogP) is 1.70. The van der Waals surface area contributed by atoms with Crippen LogP contribution in [0, 0.1) is 5.92 Å². The van der Waals surface area contributed by atoms with Gasteiger partial charge in [-0.05, 0) is 49.5 Å². The number of esters is 1. The SMILES string of the molecule is COC(=O)c1c(-c2ccc(C(=O)N[C@H]3CN4CCC3CC4)cc2)cnn1C. The maximum absolute atomic E-state index is 12.6. The first-order valence-corrected chi connectivity index (χ1v) is 9.31. The minimum Gasteiger partial charge on any atom is -0.464 e. The van der Waals surface area contributed by atoms with E-state index >= 15 is 0 Å². The highest BCUT2D eigenvalue weighted by atomic mass is 16.5. The van der Waals surface area contributed by atoms with Gasteiger partial charge in [0.1, 0.15) is 0 Å². The number of aryl methyl sites for hydroxylation is 1. The molecule has 0 unspecified atom stereocenters. The summed E-state index contributed by atoms with van der Waals surface area (Å²) < 4.78 is 6.34. The fourth-order valence-electron chi connectivity index (χ4n) is 4.17. The zero-order valence-corrected chi connectivity index (χ0v) is 15.6. The van der Waals surface area contributed by atoms with Crippen molar-refractivity contribution in [2.75, 3.05) is 26.7 Å². The number of hydrogen-bond donors (Lipinski definition) is 1. The lowest BCUT2D eigenvalue weighted by atomic mass is 9.84. The van der Waals surface area contributed by atoms with E-state index in [2.05, 4.69) is 15.3 Å². The first kappa shape index (κ1) is 17.7. The molecule has 2 bridgehead atoms. The predicted molar refractivity (Wildman–Crippen MR) is 100 cm³/mol. The van der Waals surface area contributed by atoms with Crippen molar-refractivity contribution in [1.82, 2.24) is 20.0 Å². The molecule has 0 saturated carbocycles. The lowest BCUT2D eigenvalue weighted by Gasteiger charge is -2.44. The number of nitrogens with one attached hydrogen (secondary N) is 1. The van der Waals surface area contributed by atoms with E-state index < -0.39 is 5.97 Å². The molecule has 5 rings (SSSR count). The topological polar surface area (TPSA) is 76.5 Å². The second-order valence-electron chi connectivity index (χ2n) is 7.32. The number of aromatic nitrogens is 2. The molecule has 0 radical (unpaired) electrons. The summed E-state index contributed by atoms with van der Waals surface area (Å²) in [7, 11) is 3.05. The van der Waals surface area contributed by atoms with Gasteiger partial charge in [-0.2, -0.15) is 5.10 Å². The van der Waals surface area contributed by atoms with E-state index in [1.807, 2.05) is 12.1 Å². The molecule has 142 valence electrons. The van der Waals surface area contributed by atoms with Gasteiger partial charge in [0.25, 0.3) is 5.91 Å². The first-order chi connectivity index (χ1) is 13.1. The number of rotatable bonds is 4. The van der Waals surface area contributed by atoms with Crippen LogP contribution in [0.15, 0.2) is 30.5 Å². The average Bonchev–Trinajstić information content (AvgIpc) is 3.10. The van der Waals surface area contributed by atoms with Crippen LogP contribution in [0.2, 0.25) is 0 Å². The van der Waals surface area contributed by atoms with Crippen LogP contribution in [0.3, 0.4) is 0 Å². The van der Waals surface area contributed by atoms with E-state index in [1.165, 1.54) is 24.6 Å². The van der Waals surface area contributed by atoms with Crippen molar-refractivity contribution < 1.29 is 14.3 Å². The van der Waals surface area contributed by atoms with Crippen molar-refractivity contribution in [2.45, 2.75) is 18.9 Å². The standard InChI is InChI=1S/C20H24N4O3/c1-23-18(20(26)27-2)16(11-21-23)13-3-5-15(6-4-13)19(25)22-17-12-24-9-7-14(17)8-10-24/h3-6,11,14,17H,7-10,12H2,1-2H3,(H,22,25)/t17-/m0/s1. The van der Waals surface area contributed by atoms with E-state index in [0.29, 0.717) is 22.7 Å². The Hall–Kier alpha value is -2.67. The molecule has 7 nitrogen and oxygen atoms in total. The fourth-order valence-corrected chi connectivity index (χ4v) is 4.17. The number of hydrogen-bond acceptors (Lipinski definition) is 5. The molecule has 7 heteroatoms. The number of carbonyl (C=O) groups is 2. The molecule has 4 heterocycles. The van der Waals surface area contributed by atoms with Crippen LogP contribution in [-0.4, -0.2) is 59.3 Å². The second-order valence-corrected chi connectivity index (χ2v) is 7.32. The minimum absolute atomic E-state index is 0.0420. The molecule has 1 amide bonds. The van der Waals surface area contributed by atoms with Gasteiger partial charge in [0.05, 0.1) is 13.3 Å². The zero-order valence-electron chi connectivity index (χ0n) is 15.6. The molecule has 3 saturated heterocycles. The summed E-state index contributed by atoms with van der Waals surface area (Å²) in [6.45, 7) is 3.26. The third-order valence-corrected chi connectivity index (χ3v) is 5.75. The number of methoxy groups -OCH3 is 1. The minimum atomic E-state index is -0.436. The van der Waals surface area contributed by atoms with Crippen LogP contribution in [0.5, 0.6) is 0 Å². The van der Waals surface area contributed by atoms with Crippen molar-refractivity contribution in [3.63, 3.8) is 0 Å². The molecule has 0 aliphatic carbocycles. The van der Waals surface area contributed by atoms with Gasteiger partial charge in [-0.15, -0.1) is 0 Å². The Morgan fingerprint density at radius 3 is 2.48 bits per heavy atom. The van der Waals surface area contributed by atoms with Crippen LogP contribution in [-0.2, 0) is 11.8 Å². The third-order valence-electron chi connectivity index (χ3n) is 5.75. The van der Waals surface area contributed by atoms with Crippen LogP contribution in [0.25, 0.3) is 11.1 Å². The number of nitrogens with zero attached hydrogens (tertiary/aromatic N) is 3. The number of amides is 1. The molecule has 1 atom stereocenters. The average molecular weight is 368 g/mol. The molecule has 3 aliphatic rings. The lowest BCUT2D eigenvalue weighted by Crippen LogP contribution is -2.57. The van der Waals surface area contributed by atoms with Gasteiger partial charge in [0.15, 0.2) is 5.69 Å². The van der Waals surface area contributed by atoms with Crippen molar-refractivity contribution in [2.24, 2.45) is 13.0 Å². The van der Waals surface area contributed by atoms with E-state index in [1.54, 1.807) is 25.4 Å². The van der Waals surface area contributed by atoms with Crippen LogP contribution < -0.4 is 5.32 Å². The van der Waals surface area contributed by atoms with E-state index in [4.69, 9.17) is 4.74 Å². The molecule has 0 spiro atoms. The Bertz CT molecular complexity index is 851. The summed E-state index contributed by atoms with van der Waals surface area (Å²) in [5.41, 5.74) is 2.53. The Labute approximate surface area is 158 Å². The normalized spacial score (nSPS) is 23.9. The monoisotopic (exact) mass is 368 g/mol. The lowest BCUT2D eigenvalue weighted by molar-refractivity contribution is 0.0588. The van der Waals surface area contributed by atoms with Gasteiger partial charge in [0.2, 0.25) is 0 Å². The van der Waals surface area contributed by atoms with Gasteiger partial charge in [-0.25, -0.2) is 4.79 Å². The summed E-state index contributed by atoms with van der Waals surface area (Å²) in [5, 5.41) is 7.35. The quantitative estimate of drug-likeness (QED) is 0.832. The van der Waals surface area contributed by atoms with E-state index in [0.717, 1.165) is 25.2 Å². The fraction of sp³-hybridized carbons (Fsp3) is 0.450. The molecule has 3 fully saturated rings. The van der Waals surface area contributed by atoms with E-state index in [9.17, 15) is 9.59 Å². The maximum Gasteiger partial charge on any atom is 0.356 e. The molecule has 1 aromatic carbocycles. The van der Waals surface area contributed by atoms with Gasteiger partial charge < -0.3 is 15.0 Å². The summed E-state index contributed by atoms with van der Waals surface area (Å²) in [6, 6.07) is 7.51. The highest BCUT2D eigenvalue weighted by molar-refractivity contribution is 5.97. The van der Waals surface area contributed by atoms with E-state index in [-0.39, 0.29) is 11.9 Å². The number of carbonyl (C=O) groups excluding carboxylic acids is 2. The molecule has 27 heavy (non-hydrogen) atoms. The Morgan fingerprint density at radius 2 is 1.89 bits per heavy atom. The number of ether oxygens (including phenoxy) is 1. The Morgan fingerprint density at radius 1 is 1.19 bits per heavy atom. The highest BCUT2D eigenvalue weighted by Gasteiger charge is 2.34. The Balaban J connectivity index is 1.49. The molecule has 2 aromatic rings. The van der Waals surface area contributed by atoms with Gasteiger partial charge >= 0.3 is 5.97 Å². The van der Waals surface area contributed by atoms with Crippen molar-refractivity contribution in [3.8, 4) is 11.1 Å². The van der Waals surface area contributed by atoms with Crippen molar-refractivity contribution >= 4 is 11.9 Å². The molecule has 1 aromatic heterocycles. The number of fused-ring (bicyclic) bond motifs is 3. The highest BCUT2D eigenvalue weighted by Crippen LogP contribution is 2.28. The Kier molecular flexibility index (Phi) is 4.70. The maximum atomic E-state index is 12.6. The van der Waals surface area contributed by atoms with Crippen molar-refractivity contribution in [3.05, 3.63) is 41.7 Å². The summed E-state index contributed by atoms with van der Waals surface area (Å²) in [6.07, 6.45) is 3.97. The number of piperidine rings is 3. The zero-order chi connectivity index (χ0) is 19.0. The summed E-state index contributed by atoms with van der Waals surface area (Å²) in [5.74, 6) is 0.116. The molecular formula is C20H24N4O3. The summed E-state index contributed by atoms with van der Waals surface area (Å²) >= 11 is 0. The molecule has 3 aliphatic heterocycles. The van der Waals surface area contributed by atoms with Gasteiger partial charge in [-0.1, -0.05) is 12.1 Å². The molecular weight excluding hydrogens is 344 g/mol. The third kappa shape index (κ3) is 3.35. The van der Waals surface area contributed by atoms with Crippen LogP contribution >= 0.6 is 0 Å². The summed E-state index contributed by atoms with van der Waals surface area (Å²) in [4.78, 5) is 27.1.